The Hall–Kier alpha value is -2.89. The van der Waals surface area contributed by atoms with E-state index in [1.165, 1.54) is 0 Å². The molecule has 0 aliphatic heterocycles. The minimum atomic E-state index is -0.258. The summed E-state index contributed by atoms with van der Waals surface area (Å²) in [6.07, 6.45) is 1.62. The molecule has 2 aromatic carbocycles. The first kappa shape index (κ1) is 16.6. The summed E-state index contributed by atoms with van der Waals surface area (Å²) in [4.78, 5) is 24.2. The molecule has 0 bridgehead atoms. The molecular weight excluding hydrogens is 371 g/mol. The fraction of sp³-hybridized carbons (Fsp3) is 0. The van der Waals surface area contributed by atoms with Gasteiger partial charge in [0.1, 0.15) is 11.6 Å². The third-order valence-corrected chi connectivity index (χ3v) is 4.48. The highest BCUT2D eigenvalue weighted by Crippen LogP contribution is 2.33. The Kier molecular flexibility index (Phi) is 4.32. The highest BCUT2D eigenvalue weighted by Gasteiger charge is 2.14. The lowest BCUT2D eigenvalue weighted by Gasteiger charge is -2.03. The number of carbonyl (C=O) groups is 1. The van der Waals surface area contributed by atoms with E-state index >= 15 is 0 Å². The Bertz CT molecular complexity index is 1090. The van der Waals surface area contributed by atoms with Crippen molar-refractivity contribution in [1.82, 2.24) is 15.0 Å². The van der Waals surface area contributed by atoms with Crippen molar-refractivity contribution in [3.8, 4) is 11.4 Å². The first-order chi connectivity index (χ1) is 12.6. The van der Waals surface area contributed by atoms with Crippen LogP contribution in [0.25, 0.3) is 22.4 Å². The Morgan fingerprint density at radius 1 is 1.00 bits per heavy atom. The second-order valence-electron chi connectivity index (χ2n) is 5.58. The maximum atomic E-state index is 12.4. The number of nitrogens with zero attached hydrogens (tertiary/aromatic N) is 2. The Morgan fingerprint density at radius 3 is 2.54 bits per heavy atom. The number of amides is 1. The van der Waals surface area contributed by atoms with Crippen molar-refractivity contribution < 1.29 is 4.79 Å². The maximum Gasteiger partial charge on any atom is 0.256 e. The molecule has 128 valence electrons. The van der Waals surface area contributed by atoms with Crippen LogP contribution in [0.4, 0.5) is 5.82 Å². The third-order valence-electron chi connectivity index (χ3n) is 3.85. The zero-order valence-electron chi connectivity index (χ0n) is 13.3. The average molecular weight is 383 g/mol. The lowest BCUT2D eigenvalue weighted by molar-refractivity contribution is 0.102. The van der Waals surface area contributed by atoms with E-state index < -0.39 is 0 Å². The molecule has 0 saturated carbocycles. The first-order valence-electron chi connectivity index (χ1n) is 7.78. The topological polar surface area (TPSA) is 70.7 Å². The normalized spacial score (nSPS) is 10.8. The van der Waals surface area contributed by atoms with E-state index in [1.54, 1.807) is 60.8 Å². The van der Waals surface area contributed by atoms with Crippen LogP contribution in [0.2, 0.25) is 10.0 Å². The van der Waals surface area contributed by atoms with Gasteiger partial charge in [0, 0.05) is 11.8 Å². The largest absolute Gasteiger partial charge is 0.338 e. The van der Waals surface area contributed by atoms with Crippen LogP contribution in [0.3, 0.4) is 0 Å². The van der Waals surface area contributed by atoms with E-state index in [1.807, 2.05) is 0 Å². The van der Waals surface area contributed by atoms with Crippen LogP contribution < -0.4 is 5.32 Å². The van der Waals surface area contributed by atoms with Crippen LogP contribution in [0.15, 0.2) is 60.8 Å². The Morgan fingerprint density at radius 2 is 1.81 bits per heavy atom. The number of nitrogens with one attached hydrogen (secondary N) is 2. The first-order valence-corrected chi connectivity index (χ1v) is 8.54. The fourth-order valence-electron chi connectivity index (χ4n) is 2.61. The van der Waals surface area contributed by atoms with Gasteiger partial charge in [-0.3, -0.25) is 4.79 Å². The van der Waals surface area contributed by atoms with Gasteiger partial charge in [0.05, 0.1) is 26.6 Å². The smallest absolute Gasteiger partial charge is 0.256 e. The van der Waals surface area contributed by atoms with Crippen molar-refractivity contribution in [2.24, 2.45) is 0 Å². The van der Waals surface area contributed by atoms with Crippen molar-refractivity contribution in [3.05, 3.63) is 76.4 Å². The van der Waals surface area contributed by atoms with Gasteiger partial charge in [-0.15, -0.1) is 0 Å². The summed E-state index contributed by atoms with van der Waals surface area (Å²) < 4.78 is 0. The predicted molar refractivity (Wildman–Crippen MR) is 104 cm³/mol. The van der Waals surface area contributed by atoms with Crippen molar-refractivity contribution in [1.29, 1.82) is 0 Å². The lowest BCUT2D eigenvalue weighted by atomic mass is 10.2. The monoisotopic (exact) mass is 382 g/mol. The summed E-state index contributed by atoms with van der Waals surface area (Å²) in [7, 11) is 0. The number of benzene rings is 2. The highest BCUT2D eigenvalue weighted by molar-refractivity contribution is 6.39. The van der Waals surface area contributed by atoms with Gasteiger partial charge in [0.15, 0.2) is 0 Å². The number of imidazole rings is 1. The molecule has 7 heteroatoms. The molecule has 1 amide bonds. The number of carbonyl (C=O) groups excluding carboxylic acids is 1. The minimum absolute atomic E-state index is 0.258. The quantitative estimate of drug-likeness (QED) is 0.512. The average Bonchev–Trinajstić information content (AvgIpc) is 3.05. The second kappa shape index (κ2) is 6.78. The number of aromatic nitrogens is 3. The zero-order valence-corrected chi connectivity index (χ0v) is 14.8. The summed E-state index contributed by atoms with van der Waals surface area (Å²) >= 11 is 12.5. The second-order valence-corrected chi connectivity index (χ2v) is 6.40. The number of halogens is 2. The number of fused-ring (bicyclic) bond motifs is 1. The molecule has 26 heavy (non-hydrogen) atoms. The fourth-order valence-corrected chi connectivity index (χ4v) is 3.19. The maximum absolute atomic E-state index is 12.4. The van der Waals surface area contributed by atoms with Crippen molar-refractivity contribution in [2.75, 3.05) is 5.32 Å². The van der Waals surface area contributed by atoms with Crippen molar-refractivity contribution in [3.63, 3.8) is 0 Å². The van der Waals surface area contributed by atoms with E-state index in [0.717, 1.165) is 5.52 Å². The number of H-pyrrole nitrogens is 1. The molecule has 0 saturated heterocycles. The third kappa shape index (κ3) is 3.14. The summed E-state index contributed by atoms with van der Waals surface area (Å²) in [5, 5.41) is 3.76. The number of pyridine rings is 1. The molecule has 2 aromatic heterocycles. The van der Waals surface area contributed by atoms with Crippen LogP contribution >= 0.6 is 23.2 Å². The van der Waals surface area contributed by atoms with E-state index in [9.17, 15) is 4.79 Å². The Balaban J connectivity index is 1.69. The number of hydrogen-bond donors (Lipinski definition) is 2. The summed E-state index contributed by atoms with van der Waals surface area (Å²) in [5.74, 6) is 0.784. The summed E-state index contributed by atoms with van der Waals surface area (Å²) in [6, 6.07) is 15.8. The number of rotatable bonds is 3. The molecule has 0 radical (unpaired) electrons. The highest BCUT2D eigenvalue weighted by atomic mass is 35.5. The van der Waals surface area contributed by atoms with Gasteiger partial charge in [0.25, 0.3) is 5.91 Å². The Labute approximate surface area is 159 Å². The van der Waals surface area contributed by atoms with E-state index in [0.29, 0.717) is 38.3 Å². The van der Waals surface area contributed by atoms with Gasteiger partial charge < -0.3 is 10.3 Å². The number of aromatic amines is 1. The molecule has 5 nitrogen and oxygen atoms in total. The van der Waals surface area contributed by atoms with E-state index in [-0.39, 0.29) is 5.91 Å². The molecule has 0 fully saturated rings. The van der Waals surface area contributed by atoms with Crippen LogP contribution in [0.1, 0.15) is 10.4 Å². The lowest BCUT2D eigenvalue weighted by Crippen LogP contribution is -2.12. The van der Waals surface area contributed by atoms with Crippen molar-refractivity contribution in [2.45, 2.75) is 0 Å². The van der Waals surface area contributed by atoms with Crippen molar-refractivity contribution >= 4 is 46.0 Å². The van der Waals surface area contributed by atoms with Gasteiger partial charge in [-0.05, 0) is 42.5 Å². The minimum Gasteiger partial charge on any atom is -0.338 e. The van der Waals surface area contributed by atoms with Crippen LogP contribution in [0, 0.1) is 0 Å². The summed E-state index contributed by atoms with van der Waals surface area (Å²) in [5.41, 5.74) is 2.54. The molecule has 4 rings (SSSR count). The van der Waals surface area contributed by atoms with Crippen LogP contribution in [-0.4, -0.2) is 20.9 Å². The number of anilines is 1. The predicted octanol–water partition coefficient (Wildman–Crippen LogP) is 5.18. The molecule has 2 heterocycles. The summed E-state index contributed by atoms with van der Waals surface area (Å²) in [6.45, 7) is 0. The van der Waals surface area contributed by atoms with Gasteiger partial charge in [-0.25, -0.2) is 9.97 Å². The molecular formula is C19H12Cl2N4O. The molecule has 2 N–H and O–H groups in total. The number of hydrogen-bond acceptors (Lipinski definition) is 3. The van der Waals surface area contributed by atoms with Gasteiger partial charge in [-0.1, -0.05) is 35.3 Å². The van der Waals surface area contributed by atoms with Crippen LogP contribution in [-0.2, 0) is 0 Å². The molecule has 0 spiro atoms. The molecule has 4 aromatic rings. The van der Waals surface area contributed by atoms with Crippen LogP contribution in [0.5, 0.6) is 0 Å². The molecule has 0 aliphatic carbocycles. The van der Waals surface area contributed by atoms with Gasteiger partial charge in [0.2, 0.25) is 0 Å². The molecule has 0 aliphatic rings. The van der Waals surface area contributed by atoms with E-state index in [4.69, 9.17) is 23.2 Å². The molecule has 0 atom stereocenters. The standard InChI is InChI=1S/C19H12Cl2N4O/c20-12-4-3-5-13(21)17(12)18-23-14-8-7-11(10-15(14)24-18)19(26)25-16-6-1-2-9-22-16/h1-10H,(H,23,24)(H,22,25,26). The SMILES string of the molecule is O=C(Nc1ccccn1)c1ccc2[nH]c(-c3c(Cl)cccc3Cl)nc2c1. The van der Waals surface area contributed by atoms with Gasteiger partial charge >= 0.3 is 0 Å². The van der Waals surface area contributed by atoms with Gasteiger partial charge in [-0.2, -0.15) is 0 Å². The zero-order chi connectivity index (χ0) is 18.1. The molecule has 0 unspecified atom stereocenters. The van der Waals surface area contributed by atoms with E-state index in [2.05, 4.69) is 20.3 Å².